The van der Waals surface area contributed by atoms with E-state index >= 15 is 0 Å². The van der Waals surface area contributed by atoms with Crippen LogP contribution in [0.1, 0.15) is 68.2 Å². The molecule has 0 radical (unpaired) electrons. The molecule has 0 heterocycles. The van der Waals surface area contributed by atoms with E-state index in [2.05, 4.69) is 185 Å². The lowest BCUT2D eigenvalue weighted by molar-refractivity contribution is 0.382. The van der Waals surface area contributed by atoms with Crippen molar-refractivity contribution in [2.75, 3.05) is 14.2 Å². The summed E-state index contributed by atoms with van der Waals surface area (Å²) in [6.07, 6.45) is 9.36. The van der Waals surface area contributed by atoms with Gasteiger partial charge in [0.25, 0.3) is 0 Å². The van der Waals surface area contributed by atoms with Gasteiger partial charge in [-0.1, -0.05) is 137 Å². The summed E-state index contributed by atoms with van der Waals surface area (Å²) < 4.78 is 17.4. The van der Waals surface area contributed by atoms with E-state index in [1.165, 1.54) is 22.3 Å². The minimum Gasteiger partial charge on any atom is -0.496 e. The smallest absolute Gasteiger partial charge is 0.128 e. The molecule has 0 saturated heterocycles. The van der Waals surface area contributed by atoms with Crippen molar-refractivity contribution in [3.8, 4) is 11.5 Å². The summed E-state index contributed by atoms with van der Waals surface area (Å²) in [5, 5.41) is 0. The Bertz CT molecular complexity index is 1660. The maximum atomic E-state index is 6.61. The minimum atomic E-state index is -0.0217. The van der Waals surface area contributed by atoms with Crippen LogP contribution < -0.4 is 9.47 Å². The standard InChI is InChI=1S/C40H30Br4O2/c1-45-39-35-31(23-3-11-27(41)12-4-23)19-21-33(25-7-15-29(43)16-8-25)37(35)40(46-2)38-34(26-9-17-30(44)18-10-26)22-20-32(36(38)39)24-5-13-28(42)14-6-24/h3-22,31-34H,1-2H3/t31-,32-,33+,34+. The lowest BCUT2D eigenvalue weighted by Crippen LogP contribution is -2.22. The number of halogens is 4. The van der Waals surface area contributed by atoms with Crippen molar-refractivity contribution in [1.29, 1.82) is 0 Å². The Hall–Kier alpha value is -2.90. The van der Waals surface area contributed by atoms with E-state index in [4.69, 9.17) is 9.47 Å². The van der Waals surface area contributed by atoms with Gasteiger partial charge in [0.05, 0.1) is 14.2 Å². The molecule has 0 N–H and O–H groups in total. The van der Waals surface area contributed by atoms with E-state index in [1.807, 2.05) is 14.2 Å². The zero-order valence-corrected chi connectivity index (χ0v) is 31.5. The molecule has 0 aliphatic heterocycles. The highest BCUT2D eigenvalue weighted by Crippen LogP contribution is 2.58. The molecule has 46 heavy (non-hydrogen) atoms. The van der Waals surface area contributed by atoms with Crippen molar-refractivity contribution >= 4 is 63.7 Å². The van der Waals surface area contributed by atoms with E-state index in [-0.39, 0.29) is 23.7 Å². The molecule has 2 aliphatic rings. The van der Waals surface area contributed by atoms with E-state index < -0.39 is 0 Å². The molecule has 230 valence electrons. The summed E-state index contributed by atoms with van der Waals surface area (Å²) in [6, 6.07) is 34.5. The summed E-state index contributed by atoms with van der Waals surface area (Å²) in [7, 11) is 3.64. The molecule has 0 aromatic heterocycles. The SMILES string of the molecule is COc1c2c(c(OC)c3c1[C@@H](c1ccc(Br)cc1)C=C[C@H]3c1ccc(Br)cc1)[C@H](c1ccc(Br)cc1)C=C[C@@H]2c1ccc(Br)cc1. The van der Waals surface area contributed by atoms with Crippen molar-refractivity contribution < 1.29 is 9.47 Å². The van der Waals surface area contributed by atoms with Gasteiger partial charge in [-0.3, -0.25) is 0 Å². The van der Waals surface area contributed by atoms with Crippen LogP contribution in [0.4, 0.5) is 0 Å². The fraction of sp³-hybridized carbons (Fsp3) is 0.150. The number of allylic oxidation sites excluding steroid dienone is 4. The molecular weight excluding hydrogens is 832 g/mol. The van der Waals surface area contributed by atoms with Gasteiger partial charge in [0.2, 0.25) is 0 Å². The van der Waals surface area contributed by atoms with Gasteiger partial charge >= 0.3 is 0 Å². The number of methoxy groups -OCH3 is 2. The summed E-state index contributed by atoms with van der Waals surface area (Å²) >= 11 is 14.6. The van der Waals surface area contributed by atoms with Gasteiger partial charge in [0.15, 0.2) is 0 Å². The fourth-order valence-corrected chi connectivity index (χ4v) is 8.13. The first kappa shape index (κ1) is 31.7. The molecule has 0 spiro atoms. The number of hydrogen-bond donors (Lipinski definition) is 0. The first-order valence-corrected chi connectivity index (χ1v) is 18.2. The second kappa shape index (κ2) is 13.3. The van der Waals surface area contributed by atoms with Crippen LogP contribution in [0.15, 0.2) is 139 Å². The lowest BCUT2D eigenvalue weighted by atomic mass is 9.68. The Morgan fingerprint density at radius 1 is 0.348 bits per heavy atom. The molecule has 0 bridgehead atoms. The highest BCUT2D eigenvalue weighted by atomic mass is 79.9. The van der Waals surface area contributed by atoms with Crippen molar-refractivity contribution in [2.24, 2.45) is 0 Å². The quantitative estimate of drug-likeness (QED) is 0.158. The van der Waals surface area contributed by atoms with Crippen LogP contribution in [0.5, 0.6) is 11.5 Å². The Balaban J connectivity index is 1.58. The molecule has 6 heteroatoms. The second-order valence-corrected chi connectivity index (χ2v) is 15.3. The molecule has 4 atom stereocenters. The molecule has 0 amide bonds. The predicted octanol–water partition coefficient (Wildman–Crippen LogP) is 12.4. The zero-order chi connectivity index (χ0) is 31.9. The van der Waals surface area contributed by atoms with E-state index in [9.17, 15) is 0 Å². The number of ether oxygens (including phenoxy) is 2. The number of rotatable bonds is 6. The molecule has 7 rings (SSSR count). The summed E-state index contributed by atoms with van der Waals surface area (Å²) in [5.41, 5.74) is 9.42. The maximum absolute atomic E-state index is 6.61. The normalized spacial score (nSPS) is 19.8. The van der Waals surface area contributed by atoms with Gasteiger partial charge in [-0.05, 0) is 70.8 Å². The lowest BCUT2D eigenvalue weighted by Gasteiger charge is -2.38. The predicted molar refractivity (Wildman–Crippen MR) is 202 cm³/mol. The zero-order valence-electron chi connectivity index (χ0n) is 25.2. The average molecular weight is 862 g/mol. The Morgan fingerprint density at radius 2 is 0.543 bits per heavy atom. The van der Waals surface area contributed by atoms with Crippen LogP contribution in [-0.4, -0.2) is 14.2 Å². The maximum Gasteiger partial charge on any atom is 0.128 e. The number of benzene rings is 5. The molecule has 0 unspecified atom stereocenters. The molecule has 0 fully saturated rings. The Labute approximate surface area is 304 Å². The van der Waals surface area contributed by atoms with Gasteiger partial charge in [-0.2, -0.15) is 0 Å². The molecular formula is C40H30Br4O2. The number of fused-ring (bicyclic) bond motifs is 2. The van der Waals surface area contributed by atoms with Crippen molar-refractivity contribution in [3.05, 3.63) is 184 Å². The molecule has 5 aromatic rings. The van der Waals surface area contributed by atoms with Crippen LogP contribution in [0, 0.1) is 0 Å². The summed E-state index contributed by atoms with van der Waals surface area (Å²) in [6.45, 7) is 0. The van der Waals surface area contributed by atoms with Crippen LogP contribution >= 0.6 is 63.7 Å². The first-order chi connectivity index (χ1) is 22.4. The second-order valence-electron chi connectivity index (χ2n) is 11.6. The van der Waals surface area contributed by atoms with Crippen molar-refractivity contribution in [2.45, 2.75) is 23.7 Å². The highest BCUT2D eigenvalue weighted by molar-refractivity contribution is 9.11. The van der Waals surface area contributed by atoms with Crippen LogP contribution in [0.25, 0.3) is 0 Å². The Kier molecular flexibility index (Phi) is 9.17. The summed E-state index contributed by atoms with van der Waals surface area (Å²) in [4.78, 5) is 0. The highest BCUT2D eigenvalue weighted by Gasteiger charge is 2.40. The molecule has 5 aromatic carbocycles. The summed E-state index contributed by atoms with van der Waals surface area (Å²) in [5.74, 6) is 1.75. The van der Waals surface area contributed by atoms with Gasteiger partial charge in [-0.15, -0.1) is 0 Å². The number of hydrogen-bond acceptors (Lipinski definition) is 2. The van der Waals surface area contributed by atoms with Gasteiger partial charge in [0.1, 0.15) is 11.5 Å². The fourth-order valence-electron chi connectivity index (χ4n) is 7.08. The van der Waals surface area contributed by atoms with Crippen molar-refractivity contribution in [1.82, 2.24) is 0 Å². The van der Waals surface area contributed by atoms with Crippen LogP contribution in [0.2, 0.25) is 0 Å². The molecule has 2 nitrogen and oxygen atoms in total. The third-order valence-corrected chi connectivity index (χ3v) is 11.2. The third kappa shape index (κ3) is 5.76. The first-order valence-electron chi connectivity index (χ1n) is 15.1. The van der Waals surface area contributed by atoms with E-state index in [0.717, 1.165) is 51.6 Å². The van der Waals surface area contributed by atoms with E-state index in [0.29, 0.717) is 0 Å². The Morgan fingerprint density at radius 3 is 0.717 bits per heavy atom. The van der Waals surface area contributed by atoms with E-state index in [1.54, 1.807) is 0 Å². The third-order valence-electron chi connectivity index (χ3n) is 9.12. The van der Waals surface area contributed by atoms with Gasteiger partial charge < -0.3 is 9.47 Å². The van der Waals surface area contributed by atoms with Crippen LogP contribution in [0.3, 0.4) is 0 Å². The van der Waals surface area contributed by atoms with Gasteiger partial charge in [0, 0.05) is 63.8 Å². The topological polar surface area (TPSA) is 18.5 Å². The monoisotopic (exact) mass is 858 g/mol. The average Bonchev–Trinajstić information content (AvgIpc) is 3.08. The largest absolute Gasteiger partial charge is 0.496 e. The molecule has 0 saturated carbocycles. The van der Waals surface area contributed by atoms with Crippen LogP contribution in [-0.2, 0) is 0 Å². The van der Waals surface area contributed by atoms with Crippen molar-refractivity contribution in [3.63, 3.8) is 0 Å². The minimum absolute atomic E-state index is 0.0217. The molecule has 2 aliphatic carbocycles. The van der Waals surface area contributed by atoms with Gasteiger partial charge in [-0.25, -0.2) is 0 Å².